The minimum absolute atomic E-state index is 0.221. The van der Waals surface area contributed by atoms with Gasteiger partial charge in [0.1, 0.15) is 0 Å². The van der Waals surface area contributed by atoms with Crippen LogP contribution in [0.4, 0.5) is 0 Å². The van der Waals surface area contributed by atoms with Crippen LogP contribution >= 0.6 is 0 Å². The van der Waals surface area contributed by atoms with Crippen LogP contribution in [-0.2, 0) is 0 Å². The number of aromatic nitrogens is 1. The van der Waals surface area contributed by atoms with Crippen molar-refractivity contribution in [1.29, 1.82) is 0 Å². The molecule has 0 N–H and O–H groups in total. The van der Waals surface area contributed by atoms with Gasteiger partial charge in [-0.15, -0.1) is 0 Å². The number of rotatable bonds is 3. The molecule has 0 aliphatic carbocycles. The van der Waals surface area contributed by atoms with Crippen LogP contribution in [0, 0.1) is 0 Å². The van der Waals surface area contributed by atoms with E-state index in [1.165, 1.54) is 13.2 Å². The summed E-state index contributed by atoms with van der Waals surface area (Å²) in [6.07, 6.45) is 3.43. The molecule has 0 bridgehead atoms. The van der Waals surface area contributed by atoms with Gasteiger partial charge >= 0.3 is 5.63 Å². The van der Waals surface area contributed by atoms with Crippen molar-refractivity contribution in [3.8, 4) is 5.88 Å². The molecule has 4 nitrogen and oxygen atoms in total. The summed E-state index contributed by atoms with van der Waals surface area (Å²) in [7, 11) is 1.45. The van der Waals surface area contributed by atoms with Gasteiger partial charge in [0.15, 0.2) is 0 Å². The Morgan fingerprint density at radius 2 is 2.00 bits per heavy atom. The van der Waals surface area contributed by atoms with Crippen LogP contribution in [0.15, 0.2) is 45.6 Å². The summed E-state index contributed by atoms with van der Waals surface area (Å²) in [6, 6.07) is 10.9. The zero-order valence-electron chi connectivity index (χ0n) is 9.29. The summed E-state index contributed by atoms with van der Waals surface area (Å²) in [5.41, 5.74) is 0.518. The molecule has 1 aromatic carbocycles. The SMILES string of the molecule is COc1cc(=O)oc(/C=C/c2ccccc2)n1. The van der Waals surface area contributed by atoms with Gasteiger partial charge in [-0.3, -0.25) is 0 Å². The van der Waals surface area contributed by atoms with Gasteiger partial charge in [-0.2, -0.15) is 4.98 Å². The van der Waals surface area contributed by atoms with Crippen LogP contribution in [0.2, 0.25) is 0 Å². The molecule has 0 saturated carbocycles. The van der Waals surface area contributed by atoms with Crippen LogP contribution in [0.3, 0.4) is 0 Å². The van der Waals surface area contributed by atoms with E-state index in [4.69, 9.17) is 9.15 Å². The molecule has 0 aliphatic rings. The third-order valence-corrected chi connectivity index (χ3v) is 2.09. The zero-order chi connectivity index (χ0) is 12.1. The van der Waals surface area contributed by atoms with E-state index < -0.39 is 5.63 Å². The van der Waals surface area contributed by atoms with E-state index in [0.717, 1.165) is 5.56 Å². The summed E-state index contributed by atoms with van der Waals surface area (Å²) in [4.78, 5) is 15.2. The van der Waals surface area contributed by atoms with Crippen molar-refractivity contribution in [1.82, 2.24) is 4.98 Å². The Hall–Kier alpha value is -2.36. The monoisotopic (exact) mass is 229 g/mol. The standard InChI is InChI=1S/C13H11NO3/c1-16-12-9-13(15)17-11(14-12)8-7-10-5-3-2-4-6-10/h2-9H,1H3/b8-7+. The topological polar surface area (TPSA) is 52.3 Å². The van der Waals surface area contributed by atoms with Crippen molar-refractivity contribution in [3.05, 3.63) is 58.3 Å². The van der Waals surface area contributed by atoms with Crippen molar-refractivity contribution in [2.75, 3.05) is 7.11 Å². The number of ether oxygens (including phenoxy) is 1. The quantitative estimate of drug-likeness (QED) is 0.809. The van der Waals surface area contributed by atoms with E-state index in [2.05, 4.69) is 4.98 Å². The summed E-state index contributed by atoms with van der Waals surface area (Å²) in [6.45, 7) is 0. The Kier molecular flexibility index (Phi) is 3.35. The molecule has 2 rings (SSSR count). The van der Waals surface area contributed by atoms with Gasteiger partial charge in [0, 0.05) is 6.08 Å². The molecule has 0 fully saturated rings. The second kappa shape index (κ2) is 5.12. The second-order valence-electron chi connectivity index (χ2n) is 3.30. The molecule has 0 radical (unpaired) electrons. The normalized spacial score (nSPS) is 10.6. The molecule has 86 valence electrons. The second-order valence-corrected chi connectivity index (χ2v) is 3.30. The molecule has 0 saturated heterocycles. The molecule has 4 heteroatoms. The predicted molar refractivity (Wildman–Crippen MR) is 64.7 cm³/mol. The Bertz CT molecular complexity index is 573. The highest BCUT2D eigenvalue weighted by atomic mass is 16.5. The van der Waals surface area contributed by atoms with E-state index in [-0.39, 0.29) is 11.8 Å². The number of hydrogen-bond donors (Lipinski definition) is 0. The molecule has 17 heavy (non-hydrogen) atoms. The Morgan fingerprint density at radius 3 is 2.71 bits per heavy atom. The first-order valence-electron chi connectivity index (χ1n) is 5.07. The lowest BCUT2D eigenvalue weighted by atomic mass is 10.2. The number of hydrogen-bond acceptors (Lipinski definition) is 4. The van der Waals surface area contributed by atoms with E-state index >= 15 is 0 Å². The van der Waals surface area contributed by atoms with Crippen LogP contribution in [0.1, 0.15) is 11.5 Å². The zero-order valence-corrected chi connectivity index (χ0v) is 9.29. The average molecular weight is 229 g/mol. The first kappa shape index (κ1) is 11.1. The molecule has 0 aliphatic heterocycles. The number of benzene rings is 1. The Balaban J connectivity index is 2.27. The van der Waals surface area contributed by atoms with Crippen LogP contribution in [-0.4, -0.2) is 12.1 Å². The molecular formula is C13H11NO3. The highest BCUT2D eigenvalue weighted by Gasteiger charge is 1.99. The van der Waals surface area contributed by atoms with Crippen LogP contribution in [0.5, 0.6) is 5.88 Å². The van der Waals surface area contributed by atoms with Gasteiger partial charge < -0.3 is 9.15 Å². The first-order valence-corrected chi connectivity index (χ1v) is 5.07. The van der Waals surface area contributed by atoms with Gasteiger partial charge in [0.2, 0.25) is 11.8 Å². The maximum absolute atomic E-state index is 11.2. The van der Waals surface area contributed by atoms with Gasteiger partial charge in [-0.25, -0.2) is 4.79 Å². The van der Waals surface area contributed by atoms with Crippen molar-refractivity contribution < 1.29 is 9.15 Å². The molecule has 0 spiro atoms. The molecule has 2 aromatic rings. The molecule has 0 unspecified atom stereocenters. The van der Waals surface area contributed by atoms with Crippen molar-refractivity contribution in [2.24, 2.45) is 0 Å². The van der Waals surface area contributed by atoms with Gasteiger partial charge in [0.25, 0.3) is 0 Å². The minimum Gasteiger partial charge on any atom is -0.481 e. The summed E-state index contributed by atoms with van der Waals surface area (Å²) >= 11 is 0. The molecule has 1 aromatic heterocycles. The van der Waals surface area contributed by atoms with Crippen LogP contribution < -0.4 is 10.4 Å². The van der Waals surface area contributed by atoms with E-state index in [0.29, 0.717) is 0 Å². The largest absolute Gasteiger partial charge is 0.481 e. The van der Waals surface area contributed by atoms with E-state index in [1.807, 2.05) is 36.4 Å². The fourth-order valence-corrected chi connectivity index (χ4v) is 1.30. The third-order valence-electron chi connectivity index (χ3n) is 2.09. The lowest BCUT2D eigenvalue weighted by molar-refractivity contribution is 0.374. The van der Waals surface area contributed by atoms with E-state index in [9.17, 15) is 4.79 Å². The van der Waals surface area contributed by atoms with Crippen molar-refractivity contribution in [2.45, 2.75) is 0 Å². The van der Waals surface area contributed by atoms with Crippen molar-refractivity contribution >= 4 is 12.2 Å². The fourth-order valence-electron chi connectivity index (χ4n) is 1.30. The molecule has 0 amide bonds. The van der Waals surface area contributed by atoms with E-state index in [1.54, 1.807) is 6.08 Å². The van der Waals surface area contributed by atoms with Gasteiger partial charge in [-0.1, -0.05) is 30.3 Å². The summed E-state index contributed by atoms with van der Waals surface area (Å²) in [5.74, 6) is 0.465. The fraction of sp³-hybridized carbons (Fsp3) is 0.0769. The van der Waals surface area contributed by atoms with Crippen molar-refractivity contribution in [3.63, 3.8) is 0 Å². The number of nitrogens with zero attached hydrogens (tertiary/aromatic N) is 1. The Morgan fingerprint density at radius 1 is 1.24 bits per heavy atom. The molecule has 0 atom stereocenters. The minimum atomic E-state index is -0.482. The average Bonchev–Trinajstić information content (AvgIpc) is 2.37. The highest BCUT2D eigenvalue weighted by Crippen LogP contribution is 2.08. The number of methoxy groups -OCH3 is 1. The molecular weight excluding hydrogens is 218 g/mol. The highest BCUT2D eigenvalue weighted by molar-refractivity contribution is 5.65. The maximum Gasteiger partial charge on any atom is 0.342 e. The Labute approximate surface area is 98.2 Å². The lowest BCUT2D eigenvalue weighted by Gasteiger charge is -1.97. The summed E-state index contributed by atoms with van der Waals surface area (Å²) < 4.78 is 9.79. The van der Waals surface area contributed by atoms with Gasteiger partial charge in [0.05, 0.1) is 13.2 Å². The lowest BCUT2D eigenvalue weighted by Crippen LogP contribution is -2.02. The maximum atomic E-state index is 11.2. The predicted octanol–water partition coefficient (Wildman–Crippen LogP) is 2.21. The molecule has 1 heterocycles. The summed E-state index contributed by atoms with van der Waals surface area (Å²) in [5, 5.41) is 0. The smallest absolute Gasteiger partial charge is 0.342 e. The van der Waals surface area contributed by atoms with Crippen LogP contribution in [0.25, 0.3) is 12.2 Å². The third kappa shape index (κ3) is 3.04. The van der Waals surface area contributed by atoms with Gasteiger partial charge in [-0.05, 0) is 11.6 Å². The first-order chi connectivity index (χ1) is 8.28.